The molecule has 0 fully saturated rings. The normalized spacial score (nSPS) is 11.2. The topological polar surface area (TPSA) is 84.5 Å². The van der Waals surface area contributed by atoms with Gasteiger partial charge < -0.3 is 15.4 Å². The third-order valence-corrected chi connectivity index (χ3v) is 6.50. The zero-order chi connectivity index (χ0) is 28.0. The van der Waals surface area contributed by atoms with Gasteiger partial charge in [0.1, 0.15) is 0 Å². The van der Waals surface area contributed by atoms with Gasteiger partial charge in [0.15, 0.2) is 0 Å². The van der Waals surface area contributed by atoms with Gasteiger partial charge in [-0.2, -0.15) is 0 Å². The molecule has 0 saturated carbocycles. The van der Waals surface area contributed by atoms with E-state index in [4.69, 9.17) is 4.74 Å². The van der Waals surface area contributed by atoms with E-state index < -0.39 is 0 Å². The van der Waals surface area contributed by atoms with Crippen molar-refractivity contribution >= 4 is 39.9 Å². The van der Waals surface area contributed by atoms with E-state index in [0.29, 0.717) is 35.5 Å². The Balaban J connectivity index is 1.58. The van der Waals surface area contributed by atoms with E-state index in [1.807, 2.05) is 66.7 Å². The average molecular weight is 523 g/mol. The lowest BCUT2D eigenvalue weighted by Crippen LogP contribution is -2.20. The van der Waals surface area contributed by atoms with E-state index >= 15 is 0 Å². The molecular weight excluding hydrogens is 488 g/mol. The summed E-state index contributed by atoms with van der Waals surface area (Å²) in [7, 11) is 0. The summed E-state index contributed by atoms with van der Waals surface area (Å²) in [5.74, 6) is -0.883. The Morgan fingerprint density at radius 3 is 2.28 bits per heavy atom. The third-order valence-electron chi connectivity index (χ3n) is 6.50. The number of carbonyl (C=O) groups excluding carboxylic acids is 3. The highest BCUT2D eigenvalue weighted by Crippen LogP contribution is 2.29. The minimum Gasteiger partial charge on any atom is -0.466 e. The second-order valence-corrected chi connectivity index (χ2v) is 10.5. The molecule has 200 valence electrons. The van der Waals surface area contributed by atoms with Crippen LogP contribution in [-0.4, -0.2) is 24.4 Å². The first-order valence-corrected chi connectivity index (χ1v) is 13.1. The van der Waals surface area contributed by atoms with Gasteiger partial charge in [0.2, 0.25) is 0 Å². The average Bonchev–Trinajstić information content (AvgIpc) is 2.91. The van der Waals surface area contributed by atoms with Crippen LogP contribution in [0.25, 0.3) is 10.8 Å². The molecule has 0 heterocycles. The molecule has 4 rings (SSSR count). The molecule has 0 aromatic heterocycles. The molecule has 4 aromatic rings. The van der Waals surface area contributed by atoms with Crippen LogP contribution >= 0.6 is 0 Å². The van der Waals surface area contributed by atoms with Gasteiger partial charge in [-0.1, -0.05) is 69.3 Å². The van der Waals surface area contributed by atoms with Crippen LogP contribution in [0.3, 0.4) is 0 Å². The fraction of sp³-hybridized carbons (Fsp3) is 0.242. The Labute approximate surface area is 229 Å². The Morgan fingerprint density at radius 2 is 1.54 bits per heavy atom. The third kappa shape index (κ3) is 7.11. The van der Waals surface area contributed by atoms with E-state index in [1.54, 1.807) is 25.1 Å². The van der Waals surface area contributed by atoms with E-state index in [9.17, 15) is 14.4 Å². The molecule has 2 amide bonds. The van der Waals surface area contributed by atoms with Crippen molar-refractivity contribution < 1.29 is 19.1 Å². The first kappa shape index (κ1) is 27.6. The maximum absolute atomic E-state index is 13.4. The number of rotatable bonds is 8. The number of aryl methyl sites for hydroxylation is 1. The maximum Gasteiger partial charge on any atom is 0.306 e. The largest absolute Gasteiger partial charge is 0.466 e. The van der Waals surface area contributed by atoms with Crippen molar-refractivity contribution in [3.05, 3.63) is 107 Å². The van der Waals surface area contributed by atoms with E-state index in [-0.39, 0.29) is 29.6 Å². The number of amides is 2. The van der Waals surface area contributed by atoms with Crippen molar-refractivity contribution in [2.24, 2.45) is 0 Å². The van der Waals surface area contributed by atoms with Crippen molar-refractivity contribution in [1.29, 1.82) is 0 Å². The van der Waals surface area contributed by atoms with Gasteiger partial charge >= 0.3 is 5.97 Å². The van der Waals surface area contributed by atoms with Crippen LogP contribution < -0.4 is 10.6 Å². The Morgan fingerprint density at radius 1 is 0.769 bits per heavy atom. The summed E-state index contributed by atoms with van der Waals surface area (Å²) in [5, 5.41) is 7.93. The first-order valence-electron chi connectivity index (χ1n) is 13.1. The summed E-state index contributed by atoms with van der Waals surface area (Å²) in [6.07, 6.45) is 0.778. The van der Waals surface area contributed by atoms with Gasteiger partial charge in [0, 0.05) is 17.7 Å². The van der Waals surface area contributed by atoms with Crippen LogP contribution in [0.5, 0.6) is 0 Å². The van der Waals surface area contributed by atoms with E-state index in [2.05, 4.69) is 31.4 Å². The molecule has 0 aliphatic carbocycles. The summed E-state index contributed by atoms with van der Waals surface area (Å²) < 4.78 is 5.00. The van der Waals surface area contributed by atoms with Crippen molar-refractivity contribution in [2.75, 3.05) is 17.2 Å². The SMILES string of the molecule is CCOC(=O)CCc1cccc(NC(=O)c2ccc(C(C)(C)C)cc2NC(=O)c2ccc3ccccc3c2)c1. The van der Waals surface area contributed by atoms with Gasteiger partial charge in [-0.15, -0.1) is 0 Å². The van der Waals surface area contributed by atoms with Gasteiger partial charge in [-0.25, -0.2) is 0 Å². The minimum atomic E-state index is -0.341. The van der Waals surface area contributed by atoms with Crippen LogP contribution in [0, 0.1) is 0 Å². The summed E-state index contributed by atoms with van der Waals surface area (Å²) in [5.41, 5.74) is 3.64. The molecule has 6 heteroatoms. The van der Waals surface area contributed by atoms with Crippen LogP contribution in [0.1, 0.15) is 66.0 Å². The van der Waals surface area contributed by atoms with Gasteiger partial charge in [0.05, 0.1) is 17.9 Å². The highest BCUT2D eigenvalue weighted by molar-refractivity contribution is 6.13. The quantitative estimate of drug-likeness (QED) is 0.241. The molecular formula is C33H34N2O4. The van der Waals surface area contributed by atoms with E-state index in [0.717, 1.165) is 21.9 Å². The molecule has 4 aromatic carbocycles. The molecule has 0 spiro atoms. The Hall–Kier alpha value is -4.45. The molecule has 0 aliphatic rings. The second kappa shape index (κ2) is 11.9. The molecule has 0 atom stereocenters. The molecule has 0 saturated heterocycles. The molecule has 6 nitrogen and oxygen atoms in total. The lowest BCUT2D eigenvalue weighted by atomic mass is 9.86. The number of esters is 1. The smallest absolute Gasteiger partial charge is 0.306 e. The molecule has 0 radical (unpaired) electrons. The van der Waals surface area contributed by atoms with E-state index in [1.165, 1.54) is 0 Å². The summed E-state index contributed by atoms with van der Waals surface area (Å²) in [4.78, 5) is 38.4. The number of benzene rings is 4. The zero-order valence-corrected chi connectivity index (χ0v) is 22.8. The molecule has 0 unspecified atom stereocenters. The number of fused-ring (bicyclic) bond motifs is 1. The summed E-state index contributed by atoms with van der Waals surface area (Å²) in [6, 6.07) is 26.3. The van der Waals surface area contributed by atoms with Crippen molar-refractivity contribution in [1.82, 2.24) is 0 Å². The van der Waals surface area contributed by atoms with Gasteiger partial charge in [-0.3, -0.25) is 14.4 Å². The van der Waals surface area contributed by atoms with Crippen LogP contribution in [0.4, 0.5) is 11.4 Å². The summed E-state index contributed by atoms with van der Waals surface area (Å²) >= 11 is 0. The van der Waals surface area contributed by atoms with Crippen molar-refractivity contribution in [3.8, 4) is 0 Å². The number of hydrogen-bond donors (Lipinski definition) is 2. The standard InChI is InChI=1S/C33H34N2O4/c1-5-39-30(36)18-13-22-9-8-12-27(19-22)34-32(38)28-17-16-26(33(2,3)4)21-29(28)35-31(37)25-15-14-23-10-6-7-11-24(23)20-25/h6-12,14-17,19-21H,5,13,18H2,1-4H3,(H,34,38)(H,35,37). The Bertz CT molecular complexity index is 1520. The lowest BCUT2D eigenvalue weighted by molar-refractivity contribution is -0.143. The first-order chi connectivity index (χ1) is 18.6. The van der Waals surface area contributed by atoms with Crippen LogP contribution in [0.2, 0.25) is 0 Å². The highest BCUT2D eigenvalue weighted by atomic mass is 16.5. The van der Waals surface area contributed by atoms with Crippen molar-refractivity contribution in [3.63, 3.8) is 0 Å². The molecule has 2 N–H and O–H groups in total. The number of anilines is 2. The maximum atomic E-state index is 13.4. The number of nitrogens with one attached hydrogen (secondary N) is 2. The summed E-state index contributed by atoms with van der Waals surface area (Å²) in [6.45, 7) is 8.37. The predicted molar refractivity (Wildman–Crippen MR) is 156 cm³/mol. The zero-order valence-electron chi connectivity index (χ0n) is 22.8. The molecule has 0 bridgehead atoms. The van der Waals surface area contributed by atoms with Crippen LogP contribution in [0.15, 0.2) is 84.9 Å². The predicted octanol–water partition coefficient (Wildman–Crippen LogP) is 7.14. The number of ether oxygens (including phenoxy) is 1. The molecule has 39 heavy (non-hydrogen) atoms. The fourth-order valence-electron chi connectivity index (χ4n) is 4.32. The van der Waals surface area contributed by atoms with Gasteiger partial charge in [0.25, 0.3) is 11.8 Å². The fourth-order valence-corrected chi connectivity index (χ4v) is 4.32. The Kier molecular flexibility index (Phi) is 8.45. The second-order valence-electron chi connectivity index (χ2n) is 10.5. The number of hydrogen-bond acceptors (Lipinski definition) is 4. The van der Waals surface area contributed by atoms with Crippen molar-refractivity contribution in [2.45, 2.75) is 46.0 Å². The number of carbonyl (C=O) groups is 3. The highest BCUT2D eigenvalue weighted by Gasteiger charge is 2.20. The lowest BCUT2D eigenvalue weighted by Gasteiger charge is -2.21. The monoisotopic (exact) mass is 522 g/mol. The molecule has 0 aliphatic heterocycles. The van der Waals surface area contributed by atoms with Crippen LogP contribution in [-0.2, 0) is 21.4 Å². The van der Waals surface area contributed by atoms with Gasteiger partial charge in [-0.05, 0) is 77.1 Å². The minimum absolute atomic E-state index is 0.176.